The molecule has 126 valence electrons. The van der Waals surface area contributed by atoms with E-state index < -0.39 is 23.6 Å². The normalized spacial score (nSPS) is 11.6. The van der Waals surface area contributed by atoms with Crippen LogP contribution in [0.1, 0.15) is 15.9 Å². The molecule has 0 fully saturated rings. The zero-order chi connectivity index (χ0) is 17.5. The van der Waals surface area contributed by atoms with Crippen LogP contribution in [-0.2, 0) is 16.0 Å². The number of esters is 1. The van der Waals surface area contributed by atoms with E-state index in [9.17, 15) is 18.4 Å². The first-order valence-corrected chi connectivity index (χ1v) is 7.35. The summed E-state index contributed by atoms with van der Waals surface area (Å²) in [7, 11) is 1.27. The van der Waals surface area contributed by atoms with Crippen LogP contribution in [0.15, 0.2) is 48.5 Å². The summed E-state index contributed by atoms with van der Waals surface area (Å²) >= 11 is 0. The second-order valence-corrected chi connectivity index (χ2v) is 5.27. The Labute approximate surface area is 138 Å². The molecule has 2 aromatic carbocycles. The van der Waals surface area contributed by atoms with Crippen LogP contribution in [0.4, 0.5) is 8.78 Å². The van der Waals surface area contributed by atoms with Crippen molar-refractivity contribution in [3.05, 3.63) is 71.3 Å². The number of benzene rings is 2. The molecule has 0 aliphatic rings. The number of hydrogen-bond acceptors (Lipinski definition) is 3. The Bertz CT molecular complexity index is 699. The molecule has 0 aromatic heterocycles. The van der Waals surface area contributed by atoms with Crippen LogP contribution in [0.25, 0.3) is 0 Å². The Morgan fingerprint density at radius 2 is 1.54 bits per heavy atom. The third-order valence-corrected chi connectivity index (χ3v) is 3.55. The molecular formula is C18H17F2NO3. The van der Waals surface area contributed by atoms with Crippen molar-refractivity contribution in [1.82, 2.24) is 5.32 Å². The zero-order valence-corrected chi connectivity index (χ0v) is 13.1. The van der Waals surface area contributed by atoms with Gasteiger partial charge in [0.2, 0.25) is 0 Å². The summed E-state index contributed by atoms with van der Waals surface area (Å²) in [5.41, 5.74) is 1.05. The summed E-state index contributed by atoms with van der Waals surface area (Å²) < 4.78 is 30.6. The van der Waals surface area contributed by atoms with Crippen molar-refractivity contribution in [2.75, 3.05) is 13.7 Å². The number of halogens is 2. The van der Waals surface area contributed by atoms with Crippen molar-refractivity contribution in [3.8, 4) is 0 Å². The fourth-order valence-corrected chi connectivity index (χ4v) is 2.23. The van der Waals surface area contributed by atoms with Crippen LogP contribution < -0.4 is 5.32 Å². The Kier molecular flexibility index (Phi) is 6.01. The van der Waals surface area contributed by atoms with Crippen molar-refractivity contribution in [2.45, 2.75) is 6.42 Å². The minimum Gasteiger partial charge on any atom is -0.469 e. The molecule has 0 spiro atoms. The highest BCUT2D eigenvalue weighted by atomic mass is 19.1. The van der Waals surface area contributed by atoms with Crippen molar-refractivity contribution >= 4 is 11.9 Å². The molecule has 6 heteroatoms. The number of ether oxygens (including phenoxy) is 1. The van der Waals surface area contributed by atoms with Crippen LogP contribution in [0, 0.1) is 17.6 Å². The van der Waals surface area contributed by atoms with E-state index in [0.717, 1.165) is 5.56 Å². The quantitative estimate of drug-likeness (QED) is 0.827. The van der Waals surface area contributed by atoms with Crippen LogP contribution in [0.2, 0.25) is 0 Å². The smallest absolute Gasteiger partial charge is 0.310 e. The molecule has 0 aliphatic heterocycles. The first-order valence-electron chi connectivity index (χ1n) is 7.35. The number of carbonyl (C=O) groups is 2. The predicted octanol–water partition coefficient (Wildman–Crippen LogP) is 2.73. The van der Waals surface area contributed by atoms with Crippen LogP contribution in [-0.4, -0.2) is 25.5 Å². The predicted molar refractivity (Wildman–Crippen MR) is 84.3 cm³/mol. The Morgan fingerprint density at radius 1 is 1.00 bits per heavy atom. The molecule has 1 amide bonds. The third-order valence-electron chi connectivity index (χ3n) is 3.55. The molecular weight excluding hydrogens is 316 g/mol. The summed E-state index contributed by atoms with van der Waals surface area (Å²) in [5, 5.41) is 2.63. The molecule has 0 heterocycles. The van der Waals surface area contributed by atoms with Gasteiger partial charge in [-0.25, -0.2) is 8.78 Å². The van der Waals surface area contributed by atoms with Crippen LogP contribution in [0.5, 0.6) is 0 Å². The van der Waals surface area contributed by atoms with Crippen LogP contribution >= 0.6 is 0 Å². The lowest BCUT2D eigenvalue weighted by Gasteiger charge is -2.15. The maximum absolute atomic E-state index is 12.9. The SMILES string of the molecule is COC(=O)[C@@H](CNC(=O)c1ccc(F)cc1)Cc1ccc(F)cc1. The van der Waals surface area contributed by atoms with Gasteiger partial charge in [0.05, 0.1) is 13.0 Å². The number of methoxy groups -OCH3 is 1. The van der Waals surface area contributed by atoms with Gasteiger partial charge in [-0.15, -0.1) is 0 Å². The van der Waals surface area contributed by atoms with Gasteiger partial charge in [-0.2, -0.15) is 0 Å². The molecule has 0 bridgehead atoms. The first-order chi connectivity index (χ1) is 11.5. The average molecular weight is 333 g/mol. The van der Waals surface area contributed by atoms with Gasteiger partial charge in [0.15, 0.2) is 0 Å². The summed E-state index contributed by atoms with van der Waals surface area (Å²) in [6.07, 6.45) is 0.302. The second kappa shape index (κ2) is 8.19. The van der Waals surface area contributed by atoms with Gasteiger partial charge in [-0.1, -0.05) is 12.1 Å². The average Bonchev–Trinajstić information content (AvgIpc) is 2.60. The number of hydrogen-bond donors (Lipinski definition) is 1. The number of nitrogens with one attached hydrogen (secondary N) is 1. The van der Waals surface area contributed by atoms with Crippen molar-refractivity contribution < 1.29 is 23.1 Å². The molecule has 1 N–H and O–H groups in total. The maximum Gasteiger partial charge on any atom is 0.310 e. The van der Waals surface area contributed by atoms with E-state index in [1.807, 2.05) is 0 Å². The van der Waals surface area contributed by atoms with Gasteiger partial charge >= 0.3 is 5.97 Å². The zero-order valence-electron chi connectivity index (χ0n) is 13.1. The highest BCUT2D eigenvalue weighted by molar-refractivity contribution is 5.94. The molecule has 0 aliphatic carbocycles. The maximum atomic E-state index is 12.9. The molecule has 2 aromatic rings. The summed E-state index contributed by atoms with van der Waals surface area (Å²) in [6, 6.07) is 10.9. The molecule has 24 heavy (non-hydrogen) atoms. The molecule has 0 unspecified atom stereocenters. The van der Waals surface area contributed by atoms with Crippen molar-refractivity contribution in [1.29, 1.82) is 0 Å². The van der Waals surface area contributed by atoms with Gasteiger partial charge in [-0.05, 0) is 48.4 Å². The fraction of sp³-hybridized carbons (Fsp3) is 0.222. The second-order valence-electron chi connectivity index (χ2n) is 5.27. The topological polar surface area (TPSA) is 55.4 Å². The van der Waals surface area contributed by atoms with E-state index in [1.165, 1.54) is 43.5 Å². The van der Waals surface area contributed by atoms with E-state index in [4.69, 9.17) is 4.74 Å². The number of rotatable bonds is 6. The fourth-order valence-electron chi connectivity index (χ4n) is 2.23. The monoisotopic (exact) mass is 333 g/mol. The van der Waals surface area contributed by atoms with Gasteiger partial charge in [0.25, 0.3) is 5.91 Å². The standard InChI is InChI=1S/C18H17F2NO3/c1-24-18(23)14(10-12-2-6-15(19)7-3-12)11-21-17(22)13-4-8-16(20)9-5-13/h2-9,14H,10-11H2,1H3,(H,21,22)/t14-/m1/s1. The lowest BCUT2D eigenvalue weighted by Crippen LogP contribution is -2.34. The lowest BCUT2D eigenvalue weighted by atomic mass is 9.99. The van der Waals surface area contributed by atoms with Gasteiger partial charge < -0.3 is 10.1 Å². The Morgan fingerprint density at radius 3 is 2.08 bits per heavy atom. The lowest BCUT2D eigenvalue weighted by molar-refractivity contribution is -0.145. The highest BCUT2D eigenvalue weighted by Crippen LogP contribution is 2.12. The third kappa shape index (κ3) is 4.87. The Hall–Kier alpha value is -2.76. The van der Waals surface area contributed by atoms with E-state index in [0.29, 0.717) is 12.0 Å². The molecule has 0 saturated heterocycles. The van der Waals surface area contributed by atoms with E-state index in [-0.39, 0.29) is 12.4 Å². The molecule has 0 saturated carbocycles. The number of amides is 1. The molecule has 0 radical (unpaired) electrons. The summed E-state index contributed by atoms with van der Waals surface area (Å²) in [6.45, 7) is 0.0558. The van der Waals surface area contributed by atoms with E-state index in [1.54, 1.807) is 12.1 Å². The number of carbonyl (C=O) groups excluding carboxylic acids is 2. The summed E-state index contributed by atoms with van der Waals surface area (Å²) in [5.74, 6) is -2.29. The first kappa shape index (κ1) is 17.6. The molecule has 4 nitrogen and oxygen atoms in total. The van der Waals surface area contributed by atoms with Crippen LogP contribution in [0.3, 0.4) is 0 Å². The highest BCUT2D eigenvalue weighted by Gasteiger charge is 2.21. The summed E-state index contributed by atoms with van der Waals surface area (Å²) in [4.78, 5) is 23.9. The van der Waals surface area contributed by atoms with Gasteiger partial charge in [0.1, 0.15) is 11.6 Å². The Balaban J connectivity index is 2.00. The van der Waals surface area contributed by atoms with E-state index >= 15 is 0 Å². The van der Waals surface area contributed by atoms with Crippen molar-refractivity contribution in [3.63, 3.8) is 0 Å². The minimum absolute atomic E-state index is 0.0558. The van der Waals surface area contributed by atoms with E-state index in [2.05, 4.69) is 5.32 Å². The van der Waals surface area contributed by atoms with Crippen molar-refractivity contribution in [2.24, 2.45) is 5.92 Å². The minimum atomic E-state index is -0.607. The van der Waals surface area contributed by atoms with Gasteiger partial charge in [0, 0.05) is 12.1 Å². The molecule has 1 atom stereocenters. The molecule has 2 rings (SSSR count). The largest absolute Gasteiger partial charge is 0.469 e. The van der Waals surface area contributed by atoms with Gasteiger partial charge in [-0.3, -0.25) is 9.59 Å².